The number of nitrogens with one attached hydrogen (secondary N) is 1. The first-order valence-electron chi connectivity index (χ1n) is 14.3. The van der Waals surface area contributed by atoms with E-state index in [0.29, 0.717) is 29.4 Å². The number of hydrogen-bond donors (Lipinski definition) is 1. The highest BCUT2D eigenvalue weighted by molar-refractivity contribution is 5.96. The van der Waals surface area contributed by atoms with Crippen LogP contribution in [0.1, 0.15) is 49.3 Å². The lowest BCUT2D eigenvalue weighted by Gasteiger charge is -2.27. The number of carbonyl (C=O) groups is 2. The molecular weight excluding hydrogens is 532 g/mol. The first-order chi connectivity index (χ1) is 20.4. The maximum atomic E-state index is 13.6. The Labute approximate surface area is 247 Å². The molecule has 0 saturated carbocycles. The molecule has 4 rings (SSSR count). The van der Waals surface area contributed by atoms with Gasteiger partial charge in [-0.1, -0.05) is 36.8 Å². The number of para-hydroxylation sites is 3. The summed E-state index contributed by atoms with van der Waals surface area (Å²) in [6.07, 6.45) is 3.32. The van der Waals surface area contributed by atoms with Gasteiger partial charge in [0, 0.05) is 30.3 Å². The second-order valence-corrected chi connectivity index (χ2v) is 10.3. The minimum Gasteiger partial charge on any atom is -0.493 e. The zero-order valence-electron chi connectivity index (χ0n) is 25.1. The van der Waals surface area contributed by atoms with E-state index in [4.69, 9.17) is 19.2 Å². The minimum atomic E-state index is -0.206. The molecule has 0 aliphatic heterocycles. The number of amides is 2. The molecule has 3 aromatic carbocycles. The van der Waals surface area contributed by atoms with Crippen molar-refractivity contribution in [3.8, 4) is 17.2 Å². The smallest absolute Gasteiger partial charge is 0.251 e. The van der Waals surface area contributed by atoms with E-state index in [9.17, 15) is 9.59 Å². The maximum Gasteiger partial charge on any atom is 0.251 e. The summed E-state index contributed by atoms with van der Waals surface area (Å²) in [5.74, 6) is 2.02. The van der Waals surface area contributed by atoms with Crippen LogP contribution in [0.25, 0.3) is 11.0 Å². The lowest BCUT2D eigenvalue weighted by Crippen LogP contribution is -2.39. The zero-order valence-corrected chi connectivity index (χ0v) is 25.1. The molecule has 0 unspecified atom stereocenters. The maximum absolute atomic E-state index is 13.6. The van der Waals surface area contributed by atoms with E-state index in [0.717, 1.165) is 48.2 Å². The Kier molecular flexibility index (Phi) is 10.4. The van der Waals surface area contributed by atoms with Crippen LogP contribution in [0.5, 0.6) is 17.2 Å². The van der Waals surface area contributed by atoms with E-state index in [1.807, 2.05) is 77.9 Å². The molecule has 1 N–H and O–H groups in total. The Morgan fingerprint density at radius 3 is 2.19 bits per heavy atom. The molecule has 222 valence electrons. The second-order valence-electron chi connectivity index (χ2n) is 10.3. The van der Waals surface area contributed by atoms with Gasteiger partial charge in [-0.25, -0.2) is 4.98 Å². The van der Waals surface area contributed by atoms with Gasteiger partial charge in [0.1, 0.15) is 12.4 Å². The number of nitrogens with zero attached hydrogens (tertiary/aromatic N) is 3. The lowest BCUT2D eigenvalue weighted by molar-refractivity contribution is -0.119. The molecule has 0 spiro atoms. The van der Waals surface area contributed by atoms with Crippen LogP contribution in [0, 0.1) is 0 Å². The summed E-state index contributed by atoms with van der Waals surface area (Å²) in [5.41, 5.74) is 3.16. The number of fused-ring (bicyclic) bond motifs is 1. The van der Waals surface area contributed by atoms with Crippen LogP contribution in [-0.4, -0.2) is 55.3 Å². The molecule has 0 aliphatic carbocycles. The van der Waals surface area contributed by atoms with E-state index in [2.05, 4.69) is 5.32 Å². The first-order valence-corrected chi connectivity index (χ1v) is 14.3. The number of rotatable bonds is 14. The van der Waals surface area contributed by atoms with Crippen molar-refractivity contribution in [2.24, 2.45) is 0 Å². The summed E-state index contributed by atoms with van der Waals surface area (Å²) in [6, 6.07) is 21.0. The average Bonchev–Trinajstić information content (AvgIpc) is 3.35. The SMILES string of the molecule is COc1cc(C(=O)NCCCCCc2nc3ccccc3n2CC(=O)N(c2ccccc2)C(C)C)cc(OC)c1OC. The van der Waals surface area contributed by atoms with Crippen LogP contribution in [0.2, 0.25) is 0 Å². The molecule has 9 nitrogen and oxygen atoms in total. The third-order valence-corrected chi connectivity index (χ3v) is 7.14. The molecule has 4 aromatic rings. The molecule has 0 bridgehead atoms. The fourth-order valence-corrected chi connectivity index (χ4v) is 5.12. The van der Waals surface area contributed by atoms with Gasteiger partial charge in [-0.15, -0.1) is 0 Å². The van der Waals surface area contributed by atoms with Crippen LogP contribution < -0.4 is 24.4 Å². The number of methoxy groups -OCH3 is 3. The number of imidazole rings is 1. The predicted octanol–water partition coefficient (Wildman–Crippen LogP) is 5.65. The molecule has 9 heteroatoms. The van der Waals surface area contributed by atoms with Crippen LogP contribution in [0.4, 0.5) is 5.69 Å². The van der Waals surface area contributed by atoms with Gasteiger partial charge in [-0.05, 0) is 63.1 Å². The number of anilines is 1. The van der Waals surface area contributed by atoms with Crippen molar-refractivity contribution < 1.29 is 23.8 Å². The van der Waals surface area contributed by atoms with Crippen molar-refractivity contribution in [3.05, 3.63) is 78.1 Å². The highest BCUT2D eigenvalue weighted by Gasteiger charge is 2.22. The van der Waals surface area contributed by atoms with E-state index in [1.54, 1.807) is 12.1 Å². The minimum absolute atomic E-state index is 0.0217. The number of ether oxygens (including phenoxy) is 3. The molecule has 0 fully saturated rings. The summed E-state index contributed by atoms with van der Waals surface area (Å²) < 4.78 is 18.1. The predicted molar refractivity (Wildman–Crippen MR) is 165 cm³/mol. The van der Waals surface area contributed by atoms with Gasteiger partial charge in [0.15, 0.2) is 11.5 Å². The number of hydrogen-bond acceptors (Lipinski definition) is 6. The largest absolute Gasteiger partial charge is 0.493 e. The lowest BCUT2D eigenvalue weighted by atomic mass is 10.1. The number of benzene rings is 3. The van der Waals surface area contributed by atoms with E-state index in [-0.39, 0.29) is 24.4 Å². The summed E-state index contributed by atoms with van der Waals surface area (Å²) in [7, 11) is 4.57. The van der Waals surface area contributed by atoms with Crippen molar-refractivity contribution in [1.82, 2.24) is 14.9 Å². The first kappa shape index (κ1) is 30.4. The van der Waals surface area contributed by atoms with E-state index < -0.39 is 0 Å². The number of aromatic nitrogens is 2. The topological polar surface area (TPSA) is 94.9 Å². The quantitative estimate of drug-likeness (QED) is 0.196. The summed E-state index contributed by atoms with van der Waals surface area (Å²) >= 11 is 0. The Morgan fingerprint density at radius 2 is 1.55 bits per heavy atom. The van der Waals surface area contributed by atoms with Crippen LogP contribution in [0.15, 0.2) is 66.7 Å². The Hall–Kier alpha value is -4.53. The van der Waals surface area contributed by atoms with Gasteiger partial charge >= 0.3 is 0 Å². The van der Waals surface area contributed by atoms with Gasteiger partial charge in [0.05, 0.1) is 32.4 Å². The van der Waals surface area contributed by atoms with Gasteiger partial charge in [-0.2, -0.15) is 0 Å². The van der Waals surface area contributed by atoms with Gasteiger partial charge in [0.2, 0.25) is 11.7 Å². The summed E-state index contributed by atoms with van der Waals surface area (Å²) in [6.45, 7) is 4.80. The van der Waals surface area contributed by atoms with Crippen molar-refractivity contribution in [2.45, 2.75) is 52.1 Å². The molecule has 1 aromatic heterocycles. The van der Waals surface area contributed by atoms with Crippen LogP contribution in [-0.2, 0) is 17.8 Å². The van der Waals surface area contributed by atoms with Crippen molar-refractivity contribution in [1.29, 1.82) is 0 Å². The summed E-state index contributed by atoms with van der Waals surface area (Å²) in [5, 5.41) is 2.97. The summed E-state index contributed by atoms with van der Waals surface area (Å²) in [4.78, 5) is 33.1. The van der Waals surface area contributed by atoms with Gasteiger partial charge < -0.3 is 29.0 Å². The molecule has 0 saturated heterocycles. The number of aryl methyl sites for hydroxylation is 1. The number of carbonyl (C=O) groups excluding carboxylic acids is 2. The standard InChI is InChI=1S/C33H40N4O5/c1-23(2)37(25-14-8-6-9-15-25)31(38)22-36-27-17-12-11-16-26(27)35-30(36)18-10-7-13-19-34-33(39)24-20-28(40-3)32(42-5)29(21-24)41-4/h6,8-9,11-12,14-17,20-21,23H,7,10,13,18-19,22H2,1-5H3,(H,34,39). The highest BCUT2D eigenvalue weighted by atomic mass is 16.5. The Bertz CT molecular complexity index is 1470. The fourth-order valence-electron chi connectivity index (χ4n) is 5.12. The third kappa shape index (κ3) is 7.02. The molecule has 1 heterocycles. The van der Waals surface area contributed by atoms with Crippen LogP contribution >= 0.6 is 0 Å². The van der Waals surface area contributed by atoms with E-state index >= 15 is 0 Å². The zero-order chi connectivity index (χ0) is 30.1. The van der Waals surface area contributed by atoms with E-state index in [1.165, 1.54) is 21.3 Å². The number of unbranched alkanes of at least 4 members (excludes halogenated alkanes) is 2. The molecule has 0 atom stereocenters. The normalized spacial score (nSPS) is 11.0. The molecule has 42 heavy (non-hydrogen) atoms. The molecule has 0 radical (unpaired) electrons. The Morgan fingerprint density at radius 1 is 0.881 bits per heavy atom. The monoisotopic (exact) mass is 572 g/mol. The van der Waals surface area contributed by atoms with Crippen LogP contribution in [0.3, 0.4) is 0 Å². The molecule has 2 amide bonds. The second kappa shape index (κ2) is 14.4. The highest BCUT2D eigenvalue weighted by Crippen LogP contribution is 2.38. The van der Waals surface area contributed by atoms with Crippen molar-refractivity contribution in [3.63, 3.8) is 0 Å². The van der Waals surface area contributed by atoms with Gasteiger partial charge in [-0.3, -0.25) is 9.59 Å². The fraction of sp³-hybridized carbons (Fsp3) is 0.364. The molecule has 0 aliphatic rings. The molecular formula is C33H40N4O5. The van der Waals surface area contributed by atoms with Gasteiger partial charge in [0.25, 0.3) is 5.91 Å². The average molecular weight is 573 g/mol. The van der Waals surface area contributed by atoms with Crippen molar-refractivity contribution in [2.75, 3.05) is 32.8 Å². The Balaban J connectivity index is 1.36. The third-order valence-electron chi connectivity index (χ3n) is 7.14. The van der Waals surface area contributed by atoms with Crippen molar-refractivity contribution >= 4 is 28.5 Å².